The Kier molecular flexibility index (Phi) is 6.07. The summed E-state index contributed by atoms with van der Waals surface area (Å²) in [6, 6.07) is 9.14. The molecule has 1 amide bonds. The number of carbonyl (C=O) groups is 1. The van der Waals surface area contributed by atoms with Crippen LogP contribution in [0.2, 0.25) is 0 Å². The second-order valence-electron chi connectivity index (χ2n) is 8.22. The normalized spacial score (nSPS) is 22.6. The van der Waals surface area contributed by atoms with E-state index in [4.69, 9.17) is 0 Å². The van der Waals surface area contributed by atoms with E-state index in [-0.39, 0.29) is 5.91 Å². The minimum Gasteiger partial charge on any atom is -0.352 e. The highest BCUT2D eigenvalue weighted by atomic mass is 16.1. The van der Waals surface area contributed by atoms with Crippen LogP contribution in [0.15, 0.2) is 30.6 Å². The summed E-state index contributed by atoms with van der Waals surface area (Å²) >= 11 is 0. The highest BCUT2D eigenvalue weighted by molar-refractivity contribution is 5.77. The number of likely N-dealkylation sites (tertiary alicyclic amines) is 1. The first-order valence-electron chi connectivity index (χ1n) is 10.7. The van der Waals surface area contributed by atoms with Gasteiger partial charge in [0, 0.05) is 31.6 Å². The number of hydrogen-bond donors (Lipinski definition) is 1. The van der Waals surface area contributed by atoms with E-state index in [1.165, 1.54) is 51.5 Å². The second kappa shape index (κ2) is 8.87. The number of benzene rings is 1. The summed E-state index contributed by atoms with van der Waals surface area (Å²) in [4.78, 5) is 19.6. The SMILES string of the molecule is O=C(CCn1cnc2ccccc21)N[C@@H]1CCCN(C2CCCCCC2)C1. The molecular formula is C22H32N4O. The molecule has 2 heterocycles. The van der Waals surface area contributed by atoms with Gasteiger partial charge in [-0.25, -0.2) is 4.98 Å². The lowest BCUT2D eigenvalue weighted by Crippen LogP contribution is -2.51. The van der Waals surface area contributed by atoms with Gasteiger partial charge in [-0.1, -0.05) is 37.8 Å². The molecule has 1 saturated heterocycles. The van der Waals surface area contributed by atoms with Crippen molar-refractivity contribution in [3.8, 4) is 0 Å². The lowest BCUT2D eigenvalue weighted by Gasteiger charge is -2.38. The van der Waals surface area contributed by atoms with Gasteiger partial charge < -0.3 is 9.88 Å². The fourth-order valence-corrected chi connectivity index (χ4v) is 4.79. The van der Waals surface area contributed by atoms with Crippen molar-refractivity contribution in [3.63, 3.8) is 0 Å². The standard InChI is InChI=1S/C22H32N4O/c27-22(13-15-26-17-23-20-11-5-6-12-21(20)26)24-18-8-7-14-25(16-18)19-9-3-1-2-4-10-19/h5-6,11-12,17-19H,1-4,7-10,13-16H2,(H,24,27)/t18-/m1/s1. The molecule has 1 aromatic carbocycles. The molecule has 2 fully saturated rings. The van der Waals surface area contributed by atoms with E-state index in [0.717, 1.165) is 30.0 Å². The smallest absolute Gasteiger partial charge is 0.222 e. The maximum atomic E-state index is 12.5. The van der Waals surface area contributed by atoms with Crippen molar-refractivity contribution in [3.05, 3.63) is 30.6 Å². The van der Waals surface area contributed by atoms with Crippen molar-refractivity contribution < 1.29 is 4.79 Å². The van der Waals surface area contributed by atoms with Crippen LogP contribution < -0.4 is 5.32 Å². The molecule has 1 atom stereocenters. The summed E-state index contributed by atoms with van der Waals surface area (Å²) in [5.41, 5.74) is 2.09. The lowest BCUT2D eigenvalue weighted by molar-refractivity contribution is -0.122. The molecule has 0 spiro atoms. The molecule has 0 unspecified atom stereocenters. The Morgan fingerprint density at radius 3 is 2.74 bits per heavy atom. The van der Waals surface area contributed by atoms with E-state index in [1.54, 1.807) is 0 Å². The minimum atomic E-state index is 0.167. The highest BCUT2D eigenvalue weighted by Crippen LogP contribution is 2.24. The summed E-state index contributed by atoms with van der Waals surface area (Å²) in [6.45, 7) is 2.92. The topological polar surface area (TPSA) is 50.2 Å². The number of fused-ring (bicyclic) bond motifs is 1. The zero-order valence-corrected chi connectivity index (χ0v) is 16.3. The first-order valence-corrected chi connectivity index (χ1v) is 10.7. The van der Waals surface area contributed by atoms with E-state index in [1.807, 2.05) is 24.5 Å². The van der Waals surface area contributed by atoms with Gasteiger partial charge in [0.05, 0.1) is 17.4 Å². The van der Waals surface area contributed by atoms with Crippen molar-refractivity contribution in [1.29, 1.82) is 0 Å². The van der Waals surface area contributed by atoms with Crippen molar-refractivity contribution in [2.45, 2.75) is 76.4 Å². The van der Waals surface area contributed by atoms with Crippen LogP contribution in [0.5, 0.6) is 0 Å². The third kappa shape index (κ3) is 4.70. The molecule has 5 nitrogen and oxygen atoms in total. The Bertz CT molecular complexity index is 748. The van der Waals surface area contributed by atoms with Crippen LogP contribution >= 0.6 is 0 Å². The van der Waals surface area contributed by atoms with Gasteiger partial charge in [0.2, 0.25) is 5.91 Å². The van der Waals surface area contributed by atoms with Crippen molar-refractivity contribution in [2.24, 2.45) is 0 Å². The molecule has 146 valence electrons. The zero-order valence-electron chi connectivity index (χ0n) is 16.3. The summed E-state index contributed by atoms with van der Waals surface area (Å²) < 4.78 is 2.08. The van der Waals surface area contributed by atoms with E-state index >= 15 is 0 Å². The highest BCUT2D eigenvalue weighted by Gasteiger charge is 2.27. The number of imidazole rings is 1. The Morgan fingerprint density at radius 1 is 1.07 bits per heavy atom. The fraction of sp³-hybridized carbons (Fsp3) is 0.636. The number of aryl methyl sites for hydroxylation is 1. The Balaban J connectivity index is 1.27. The van der Waals surface area contributed by atoms with Crippen LogP contribution in [0.25, 0.3) is 11.0 Å². The lowest BCUT2D eigenvalue weighted by atomic mass is 10.00. The predicted molar refractivity (Wildman–Crippen MR) is 109 cm³/mol. The third-order valence-electron chi connectivity index (χ3n) is 6.27. The molecule has 2 aromatic rings. The number of nitrogens with one attached hydrogen (secondary N) is 1. The van der Waals surface area contributed by atoms with Gasteiger partial charge in [-0.15, -0.1) is 0 Å². The molecule has 2 aliphatic rings. The van der Waals surface area contributed by atoms with Crippen LogP contribution in [0, 0.1) is 0 Å². The van der Waals surface area contributed by atoms with Crippen LogP contribution in [-0.2, 0) is 11.3 Å². The number of amides is 1. The number of nitrogens with zero attached hydrogens (tertiary/aromatic N) is 3. The summed E-state index contributed by atoms with van der Waals surface area (Å²) in [6.07, 6.45) is 12.9. The average molecular weight is 369 g/mol. The predicted octanol–water partition coefficient (Wildman–Crippen LogP) is 3.73. The van der Waals surface area contributed by atoms with Crippen LogP contribution in [0.3, 0.4) is 0 Å². The number of rotatable bonds is 5. The van der Waals surface area contributed by atoms with E-state index in [0.29, 0.717) is 19.0 Å². The molecule has 4 rings (SSSR count). The average Bonchev–Trinajstić information content (AvgIpc) is 2.91. The number of carbonyl (C=O) groups excluding carboxylic acids is 1. The fourth-order valence-electron chi connectivity index (χ4n) is 4.79. The van der Waals surface area contributed by atoms with E-state index in [2.05, 4.69) is 25.8 Å². The van der Waals surface area contributed by atoms with E-state index in [9.17, 15) is 4.79 Å². The van der Waals surface area contributed by atoms with Crippen molar-refractivity contribution in [2.75, 3.05) is 13.1 Å². The Hall–Kier alpha value is -1.88. The monoisotopic (exact) mass is 368 g/mol. The maximum Gasteiger partial charge on any atom is 0.222 e. The van der Waals surface area contributed by atoms with E-state index < -0.39 is 0 Å². The van der Waals surface area contributed by atoms with Crippen LogP contribution in [0.1, 0.15) is 57.8 Å². The van der Waals surface area contributed by atoms with Gasteiger partial charge in [0.25, 0.3) is 0 Å². The second-order valence-corrected chi connectivity index (χ2v) is 8.22. The molecule has 1 saturated carbocycles. The molecule has 0 radical (unpaired) electrons. The van der Waals surface area contributed by atoms with Gasteiger partial charge in [-0.3, -0.25) is 9.69 Å². The molecule has 27 heavy (non-hydrogen) atoms. The number of para-hydroxylation sites is 2. The maximum absolute atomic E-state index is 12.5. The van der Waals surface area contributed by atoms with Gasteiger partial charge in [0.1, 0.15) is 0 Å². The van der Waals surface area contributed by atoms with Crippen molar-refractivity contribution in [1.82, 2.24) is 19.8 Å². The number of piperidine rings is 1. The molecule has 1 aliphatic carbocycles. The largest absolute Gasteiger partial charge is 0.352 e. The van der Waals surface area contributed by atoms with Crippen molar-refractivity contribution >= 4 is 16.9 Å². The Labute approximate surface area is 162 Å². The van der Waals surface area contributed by atoms with Crippen LogP contribution in [0.4, 0.5) is 0 Å². The third-order valence-corrected chi connectivity index (χ3v) is 6.27. The molecule has 1 aliphatic heterocycles. The molecule has 0 bridgehead atoms. The summed E-state index contributed by atoms with van der Waals surface area (Å²) in [5, 5.41) is 3.30. The summed E-state index contributed by atoms with van der Waals surface area (Å²) in [7, 11) is 0. The molecular weight excluding hydrogens is 336 g/mol. The molecule has 1 aromatic heterocycles. The zero-order chi connectivity index (χ0) is 18.5. The number of hydrogen-bond acceptors (Lipinski definition) is 3. The first kappa shape index (κ1) is 18.5. The van der Waals surface area contributed by atoms with Gasteiger partial charge >= 0.3 is 0 Å². The van der Waals surface area contributed by atoms with Gasteiger partial charge in [0.15, 0.2) is 0 Å². The van der Waals surface area contributed by atoms with Crippen LogP contribution in [-0.4, -0.2) is 45.5 Å². The molecule has 5 heteroatoms. The minimum absolute atomic E-state index is 0.167. The van der Waals surface area contributed by atoms with Gasteiger partial charge in [-0.2, -0.15) is 0 Å². The Morgan fingerprint density at radius 2 is 1.89 bits per heavy atom. The summed E-state index contributed by atoms with van der Waals surface area (Å²) in [5.74, 6) is 0.167. The van der Waals surface area contributed by atoms with Gasteiger partial charge in [-0.05, 0) is 44.4 Å². The quantitative estimate of drug-likeness (QED) is 0.818. The molecule has 1 N–H and O–H groups in total. The first-order chi connectivity index (χ1) is 13.3. The number of aromatic nitrogens is 2.